The molecule has 1 N–H and O–H groups in total. The first kappa shape index (κ1) is 11.4. The van der Waals surface area contributed by atoms with Crippen LogP contribution in [0.15, 0.2) is 28.9 Å². The molecular formula is C13H21N3. The standard InChI is InChI=1S/C13H21N3/c1-11(2)13-4-3-12(5-6-15-13)16-9-7-14-8-10-16/h3-5,11,14H,6-10H2,1-2H3. The van der Waals surface area contributed by atoms with Crippen LogP contribution in [0.3, 0.4) is 0 Å². The molecule has 1 fully saturated rings. The zero-order valence-electron chi connectivity index (χ0n) is 10.2. The van der Waals surface area contributed by atoms with E-state index in [1.165, 1.54) is 11.4 Å². The second-order valence-corrected chi connectivity index (χ2v) is 4.62. The van der Waals surface area contributed by atoms with Crippen LogP contribution in [0.1, 0.15) is 13.8 Å². The van der Waals surface area contributed by atoms with Crippen LogP contribution in [0.25, 0.3) is 0 Å². The Labute approximate surface area is 97.9 Å². The van der Waals surface area contributed by atoms with Gasteiger partial charge in [-0.3, -0.25) is 4.99 Å². The predicted molar refractivity (Wildman–Crippen MR) is 68.8 cm³/mol. The Bertz CT molecular complexity index is 320. The molecule has 1 saturated heterocycles. The van der Waals surface area contributed by atoms with Gasteiger partial charge in [-0.15, -0.1) is 0 Å². The maximum atomic E-state index is 4.58. The van der Waals surface area contributed by atoms with Crippen molar-refractivity contribution in [3.63, 3.8) is 0 Å². The van der Waals surface area contributed by atoms with E-state index >= 15 is 0 Å². The minimum absolute atomic E-state index is 0.520. The Morgan fingerprint density at radius 2 is 2.00 bits per heavy atom. The van der Waals surface area contributed by atoms with Gasteiger partial charge in [0.2, 0.25) is 0 Å². The second-order valence-electron chi connectivity index (χ2n) is 4.62. The Balaban J connectivity index is 2.03. The summed E-state index contributed by atoms with van der Waals surface area (Å²) in [6.45, 7) is 9.59. The first-order valence-electron chi connectivity index (χ1n) is 6.15. The normalized spacial score (nSPS) is 21.8. The van der Waals surface area contributed by atoms with Crippen molar-refractivity contribution in [2.24, 2.45) is 10.9 Å². The number of nitrogens with zero attached hydrogens (tertiary/aromatic N) is 2. The van der Waals surface area contributed by atoms with Crippen LogP contribution >= 0.6 is 0 Å². The summed E-state index contributed by atoms with van der Waals surface area (Å²) in [6, 6.07) is 0. The van der Waals surface area contributed by atoms with Crippen molar-refractivity contribution in [3.05, 3.63) is 23.9 Å². The summed E-state index contributed by atoms with van der Waals surface area (Å²) in [4.78, 5) is 7.02. The summed E-state index contributed by atoms with van der Waals surface area (Å²) < 4.78 is 0. The van der Waals surface area contributed by atoms with Crippen molar-refractivity contribution in [1.82, 2.24) is 10.2 Å². The average Bonchev–Trinajstić information content (AvgIpc) is 2.55. The smallest absolute Gasteiger partial charge is 0.0596 e. The lowest BCUT2D eigenvalue weighted by Crippen LogP contribution is -2.42. The monoisotopic (exact) mass is 219 g/mol. The molecular weight excluding hydrogens is 198 g/mol. The zero-order valence-corrected chi connectivity index (χ0v) is 10.2. The summed E-state index contributed by atoms with van der Waals surface area (Å²) in [6.07, 6.45) is 6.62. The van der Waals surface area contributed by atoms with Gasteiger partial charge in [-0.25, -0.2) is 0 Å². The van der Waals surface area contributed by atoms with Gasteiger partial charge >= 0.3 is 0 Å². The molecule has 0 atom stereocenters. The Morgan fingerprint density at radius 1 is 1.25 bits per heavy atom. The van der Waals surface area contributed by atoms with E-state index in [2.05, 4.69) is 47.3 Å². The first-order valence-corrected chi connectivity index (χ1v) is 6.15. The molecule has 0 aromatic heterocycles. The van der Waals surface area contributed by atoms with Crippen LogP contribution in [-0.2, 0) is 0 Å². The van der Waals surface area contributed by atoms with E-state index in [4.69, 9.17) is 0 Å². The fourth-order valence-electron chi connectivity index (χ4n) is 2.07. The van der Waals surface area contributed by atoms with Crippen molar-refractivity contribution in [3.8, 4) is 0 Å². The van der Waals surface area contributed by atoms with Gasteiger partial charge in [-0.2, -0.15) is 0 Å². The van der Waals surface area contributed by atoms with Crippen molar-refractivity contribution in [1.29, 1.82) is 0 Å². The molecule has 0 radical (unpaired) electrons. The third-order valence-corrected chi connectivity index (χ3v) is 3.07. The topological polar surface area (TPSA) is 27.6 Å². The molecule has 2 heterocycles. The van der Waals surface area contributed by atoms with Crippen molar-refractivity contribution < 1.29 is 0 Å². The van der Waals surface area contributed by atoms with Gasteiger partial charge < -0.3 is 10.2 Å². The number of piperazine rings is 1. The highest BCUT2D eigenvalue weighted by molar-refractivity contribution is 5.97. The molecule has 0 bridgehead atoms. The molecule has 0 aliphatic carbocycles. The number of rotatable bonds is 2. The lowest BCUT2D eigenvalue weighted by Gasteiger charge is -2.30. The molecule has 2 aliphatic rings. The van der Waals surface area contributed by atoms with Crippen molar-refractivity contribution in [2.45, 2.75) is 13.8 Å². The summed E-state index contributed by atoms with van der Waals surface area (Å²) in [5.41, 5.74) is 2.54. The fourth-order valence-corrected chi connectivity index (χ4v) is 2.07. The predicted octanol–water partition coefficient (Wildman–Crippen LogP) is 1.44. The molecule has 3 heteroatoms. The molecule has 2 aliphatic heterocycles. The van der Waals surface area contributed by atoms with E-state index in [9.17, 15) is 0 Å². The van der Waals surface area contributed by atoms with E-state index in [0.717, 1.165) is 32.7 Å². The average molecular weight is 219 g/mol. The SMILES string of the molecule is CC(C)C1=NCC=C(N2CCNCC2)C=C1. The molecule has 3 nitrogen and oxygen atoms in total. The number of hydrogen-bond acceptors (Lipinski definition) is 3. The molecule has 2 rings (SSSR count). The molecule has 16 heavy (non-hydrogen) atoms. The van der Waals surface area contributed by atoms with Crippen LogP contribution in [0, 0.1) is 5.92 Å². The largest absolute Gasteiger partial charge is 0.369 e. The van der Waals surface area contributed by atoms with Crippen LogP contribution in [0.2, 0.25) is 0 Å². The highest BCUT2D eigenvalue weighted by Crippen LogP contribution is 2.12. The summed E-state index contributed by atoms with van der Waals surface area (Å²) in [5, 5.41) is 3.37. The Hall–Kier alpha value is -1.09. The van der Waals surface area contributed by atoms with Gasteiger partial charge in [0.25, 0.3) is 0 Å². The lowest BCUT2D eigenvalue weighted by atomic mass is 10.1. The van der Waals surface area contributed by atoms with Crippen LogP contribution in [-0.4, -0.2) is 43.3 Å². The van der Waals surface area contributed by atoms with Gasteiger partial charge in [-0.05, 0) is 24.1 Å². The minimum atomic E-state index is 0.520. The van der Waals surface area contributed by atoms with Crippen LogP contribution in [0.4, 0.5) is 0 Å². The zero-order chi connectivity index (χ0) is 11.4. The van der Waals surface area contributed by atoms with Gasteiger partial charge in [0.05, 0.1) is 6.54 Å². The van der Waals surface area contributed by atoms with E-state index in [-0.39, 0.29) is 0 Å². The highest BCUT2D eigenvalue weighted by atomic mass is 15.2. The third-order valence-electron chi connectivity index (χ3n) is 3.07. The van der Waals surface area contributed by atoms with Crippen molar-refractivity contribution >= 4 is 5.71 Å². The maximum Gasteiger partial charge on any atom is 0.0596 e. The quantitative estimate of drug-likeness (QED) is 0.761. The summed E-state index contributed by atoms with van der Waals surface area (Å²) in [5.74, 6) is 0.520. The fraction of sp³-hybridized carbons (Fsp3) is 0.615. The molecule has 88 valence electrons. The minimum Gasteiger partial charge on any atom is -0.369 e. The highest BCUT2D eigenvalue weighted by Gasteiger charge is 2.12. The molecule has 0 aromatic carbocycles. The maximum absolute atomic E-state index is 4.58. The first-order chi connectivity index (χ1) is 7.77. The van der Waals surface area contributed by atoms with Gasteiger partial charge in [0.15, 0.2) is 0 Å². The van der Waals surface area contributed by atoms with E-state index in [1.54, 1.807) is 0 Å². The molecule has 0 aromatic rings. The third kappa shape index (κ3) is 2.73. The molecule has 0 saturated carbocycles. The van der Waals surface area contributed by atoms with E-state index in [0.29, 0.717) is 5.92 Å². The molecule has 0 amide bonds. The number of hydrogen-bond donors (Lipinski definition) is 1. The number of allylic oxidation sites excluding steroid dienone is 2. The van der Waals surface area contributed by atoms with Gasteiger partial charge in [0, 0.05) is 37.6 Å². The molecule has 0 unspecified atom stereocenters. The lowest BCUT2D eigenvalue weighted by molar-refractivity contribution is 0.307. The molecule has 0 spiro atoms. The van der Waals surface area contributed by atoms with Crippen LogP contribution < -0.4 is 5.32 Å². The van der Waals surface area contributed by atoms with Gasteiger partial charge in [-0.1, -0.05) is 13.8 Å². The van der Waals surface area contributed by atoms with E-state index in [1.807, 2.05) is 0 Å². The number of aliphatic imine (C=N–C) groups is 1. The van der Waals surface area contributed by atoms with Gasteiger partial charge in [0.1, 0.15) is 0 Å². The van der Waals surface area contributed by atoms with Crippen LogP contribution in [0.5, 0.6) is 0 Å². The van der Waals surface area contributed by atoms with E-state index < -0.39 is 0 Å². The number of nitrogens with one attached hydrogen (secondary N) is 1. The summed E-state index contributed by atoms with van der Waals surface area (Å²) >= 11 is 0. The van der Waals surface area contributed by atoms with Crippen molar-refractivity contribution in [2.75, 3.05) is 32.7 Å². The second kappa shape index (κ2) is 5.30. The Kier molecular flexibility index (Phi) is 3.78. The summed E-state index contributed by atoms with van der Waals surface area (Å²) in [7, 11) is 0. The Morgan fingerprint density at radius 3 is 2.69 bits per heavy atom.